The van der Waals surface area contributed by atoms with Gasteiger partial charge in [-0.05, 0) is 12.8 Å². The minimum absolute atomic E-state index is 0.0120. The van der Waals surface area contributed by atoms with Crippen molar-refractivity contribution < 1.29 is 4.79 Å². The molecule has 0 aliphatic heterocycles. The summed E-state index contributed by atoms with van der Waals surface area (Å²) >= 11 is 0. The van der Waals surface area contributed by atoms with Crippen LogP contribution in [-0.4, -0.2) is 30.9 Å². The average Bonchev–Trinajstić information content (AvgIpc) is 2.26. The lowest BCUT2D eigenvalue weighted by Gasteiger charge is -2.20. The molecule has 1 atom stereocenters. The Hall–Kier alpha value is -1.10. The van der Waals surface area contributed by atoms with E-state index in [1.165, 1.54) is 0 Å². The van der Waals surface area contributed by atoms with Crippen LogP contribution < -0.4 is 16.4 Å². The second-order valence-electron chi connectivity index (χ2n) is 5.30. The van der Waals surface area contributed by atoms with Crippen LogP contribution in [-0.2, 0) is 4.79 Å². The largest absolute Gasteiger partial charge is 0.370 e. The fraction of sp³-hybridized carbons (Fsp3) is 0.846. The van der Waals surface area contributed by atoms with Crippen LogP contribution in [0.4, 0.5) is 0 Å². The predicted molar refractivity (Wildman–Crippen MR) is 75.6 cm³/mol. The van der Waals surface area contributed by atoms with Crippen molar-refractivity contribution in [3.8, 4) is 0 Å². The van der Waals surface area contributed by atoms with Gasteiger partial charge in [-0.2, -0.15) is 0 Å². The van der Waals surface area contributed by atoms with Crippen LogP contribution in [0.2, 0.25) is 0 Å². The van der Waals surface area contributed by atoms with Crippen LogP contribution in [0.5, 0.6) is 0 Å². The van der Waals surface area contributed by atoms with Crippen LogP contribution in [0.3, 0.4) is 0 Å². The van der Waals surface area contributed by atoms with Gasteiger partial charge in [0.05, 0.1) is 0 Å². The third kappa shape index (κ3) is 8.06. The molecule has 0 heterocycles. The molecule has 0 aliphatic carbocycles. The standard InChI is InChI=1S/C13H28N4O/c1-9(2)12(18)11(8-17-10(3)4)6-5-7-16-13(14)15/h9-11,17H,5-8H2,1-4H3,(H4,14,15,16). The SMILES string of the molecule is CC(C)NCC(CCCNC(=N)N)C(=O)C(C)C. The lowest BCUT2D eigenvalue weighted by Crippen LogP contribution is -2.36. The Labute approximate surface area is 110 Å². The van der Waals surface area contributed by atoms with E-state index in [0.717, 1.165) is 19.4 Å². The first-order valence-electron chi connectivity index (χ1n) is 6.69. The quantitative estimate of drug-likeness (QED) is 0.282. The summed E-state index contributed by atoms with van der Waals surface area (Å²) in [6, 6.07) is 0.391. The molecule has 0 fully saturated rings. The average molecular weight is 256 g/mol. The Kier molecular flexibility index (Phi) is 8.37. The van der Waals surface area contributed by atoms with E-state index in [2.05, 4.69) is 24.5 Å². The van der Waals surface area contributed by atoms with E-state index in [9.17, 15) is 4.79 Å². The van der Waals surface area contributed by atoms with Crippen molar-refractivity contribution >= 4 is 11.7 Å². The van der Waals surface area contributed by atoms with E-state index in [1.807, 2.05) is 13.8 Å². The summed E-state index contributed by atoms with van der Waals surface area (Å²) in [5.74, 6) is 0.430. The molecule has 18 heavy (non-hydrogen) atoms. The third-order valence-corrected chi connectivity index (χ3v) is 2.79. The molecule has 0 radical (unpaired) electrons. The van der Waals surface area contributed by atoms with Crippen LogP contribution in [0, 0.1) is 17.2 Å². The molecule has 0 amide bonds. The number of guanidine groups is 1. The summed E-state index contributed by atoms with van der Waals surface area (Å²) in [7, 11) is 0. The number of ketones is 1. The molecular weight excluding hydrogens is 228 g/mol. The van der Waals surface area contributed by atoms with Crippen LogP contribution in [0.1, 0.15) is 40.5 Å². The molecule has 0 spiro atoms. The minimum atomic E-state index is -0.0120. The van der Waals surface area contributed by atoms with Gasteiger partial charge >= 0.3 is 0 Å². The van der Waals surface area contributed by atoms with Gasteiger partial charge in [0, 0.05) is 31.0 Å². The Balaban J connectivity index is 4.12. The second-order valence-corrected chi connectivity index (χ2v) is 5.30. The smallest absolute Gasteiger partial charge is 0.185 e. The monoisotopic (exact) mass is 256 g/mol. The molecule has 0 rings (SSSR count). The molecule has 106 valence electrons. The molecule has 5 heteroatoms. The zero-order valence-electron chi connectivity index (χ0n) is 12.0. The number of carbonyl (C=O) groups excluding carboxylic acids is 1. The summed E-state index contributed by atoms with van der Waals surface area (Å²) in [5.41, 5.74) is 5.21. The second kappa shape index (κ2) is 8.91. The van der Waals surface area contributed by atoms with E-state index in [4.69, 9.17) is 11.1 Å². The van der Waals surface area contributed by atoms with E-state index in [-0.39, 0.29) is 17.8 Å². The molecule has 5 N–H and O–H groups in total. The molecule has 0 aromatic carbocycles. The predicted octanol–water partition coefficient (Wildman–Crippen LogP) is 1.09. The van der Waals surface area contributed by atoms with Crippen molar-refractivity contribution in [3.63, 3.8) is 0 Å². The minimum Gasteiger partial charge on any atom is -0.370 e. The molecular formula is C13H28N4O. The first kappa shape index (κ1) is 16.9. The first-order valence-corrected chi connectivity index (χ1v) is 6.69. The molecule has 1 unspecified atom stereocenters. The van der Waals surface area contributed by atoms with Gasteiger partial charge in [0.25, 0.3) is 0 Å². The number of nitrogens with two attached hydrogens (primary N) is 1. The van der Waals surface area contributed by atoms with Crippen molar-refractivity contribution in [2.45, 2.75) is 46.6 Å². The number of carbonyl (C=O) groups is 1. The molecule has 0 aromatic rings. The van der Waals surface area contributed by atoms with Gasteiger partial charge in [0.2, 0.25) is 0 Å². The topological polar surface area (TPSA) is 91.0 Å². The molecule has 0 saturated heterocycles. The Morgan fingerprint density at radius 1 is 1.28 bits per heavy atom. The molecule has 0 saturated carbocycles. The van der Waals surface area contributed by atoms with Gasteiger partial charge in [0.1, 0.15) is 5.78 Å². The maximum Gasteiger partial charge on any atom is 0.185 e. The number of hydrogen-bond acceptors (Lipinski definition) is 3. The van der Waals surface area contributed by atoms with Gasteiger partial charge in [-0.1, -0.05) is 27.7 Å². The summed E-state index contributed by atoms with van der Waals surface area (Å²) in [5, 5.41) is 13.1. The van der Waals surface area contributed by atoms with Crippen molar-refractivity contribution in [3.05, 3.63) is 0 Å². The summed E-state index contributed by atoms with van der Waals surface area (Å²) < 4.78 is 0. The van der Waals surface area contributed by atoms with Crippen molar-refractivity contribution in [2.24, 2.45) is 17.6 Å². The Bertz CT molecular complexity index is 264. The summed E-state index contributed by atoms with van der Waals surface area (Å²) in [6.45, 7) is 9.42. The Morgan fingerprint density at radius 2 is 1.89 bits per heavy atom. The molecule has 0 aromatic heterocycles. The highest BCUT2D eigenvalue weighted by molar-refractivity contribution is 5.83. The number of rotatable bonds is 9. The highest BCUT2D eigenvalue weighted by Crippen LogP contribution is 2.12. The highest BCUT2D eigenvalue weighted by Gasteiger charge is 2.20. The first-order chi connectivity index (χ1) is 8.34. The van der Waals surface area contributed by atoms with Gasteiger partial charge in [-0.3, -0.25) is 10.2 Å². The van der Waals surface area contributed by atoms with Crippen LogP contribution >= 0.6 is 0 Å². The van der Waals surface area contributed by atoms with Crippen LogP contribution in [0.15, 0.2) is 0 Å². The third-order valence-electron chi connectivity index (χ3n) is 2.79. The lowest BCUT2D eigenvalue weighted by molar-refractivity contribution is -0.126. The van der Waals surface area contributed by atoms with Gasteiger partial charge in [-0.15, -0.1) is 0 Å². The van der Waals surface area contributed by atoms with E-state index in [1.54, 1.807) is 0 Å². The van der Waals surface area contributed by atoms with E-state index in [0.29, 0.717) is 18.4 Å². The highest BCUT2D eigenvalue weighted by atomic mass is 16.1. The van der Waals surface area contributed by atoms with Gasteiger partial charge < -0.3 is 16.4 Å². The molecule has 5 nitrogen and oxygen atoms in total. The maximum absolute atomic E-state index is 12.1. The van der Waals surface area contributed by atoms with Gasteiger partial charge in [0.15, 0.2) is 5.96 Å². The number of Topliss-reactive ketones (excluding diaryl/α,β-unsaturated/α-hetero) is 1. The Morgan fingerprint density at radius 3 is 2.33 bits per heavy atom. The van der Waals surface area contributed by atoms with Crippen molar-refractivity contribution in [1.82, 2.24) is 10.6 Å². The zero-order valence-corrected chi connectivity index (χ0v) is 12.0. The maximum atomic E-state index is 12.1. The lowest BCUT2D eigenvalue weighted by atomic mass is 9.91. The van der Waals surface area contributed by atoms with Crippen molar-refractivity contribution in [2.75, 3.05) is 13.1 Å². The van der Waals surface area contributed by atoms with Gasteiger partial charge in [-0.25, -0.2) is 0 Å². The fourth-order valence-electron chi connectivity index (χ4n) is 1.77. The number of nitrogens with one attached hydrogen (secondary N) is 3. The summed E-state index contributed by atoms with van der Waals surface area (Å²) in [6.07, 6.45) is 1.68. The fourth-order valence-corrected chi connectivity index (χ4v) is 1.77. The number of hydrogen-bond donors (Lipinski definition) is 4. The van der Waals surface area contributed by atoms with Crippen LogP contribution in [0.25, 0.3) is 0 Å². The van der Waals surface area contributed by atoms with Crippen molar-refractivity contribution in [1.29, 1.82) is 5.41 Å². The molecule has 0 aliphatic rings. The van der Waals surface area contributed by atoms with E-state index >= 15 is 0 Å². The normalized spacial score (nSPS) is 12.8. The zero-order chi connectivity index (χ0) is 14.1. The summed E-state index contributed by atoms with van der Waals surface area (Å²) in [4.78, 5) is 12.1. The molecule has 0 bridgehead atoms. The van der Waals surface area contributed by atoms with E-state index < -0.39 is 0 Å².